The van der Waals surface area contributed by atoms with Gasteiger partial charge in [-0.25, -0.2) is 5.43 Å². The lowest BCUT2D eigenvalue weighted by Crippen LogP contribution is -2.30. The molecule has 1 aliphatic rings. The summed E-state index contributed by atoms with van der Waals surface area (Å²) >= 11 is 0. The Hall–Kier alpha value is -1.06. The fourth-order valence-electron chi connectivity index (χ4n) is 1.80. The van der Waals surface area contributed by atoms with E-state index < -0.39 is 0 Å². The molecule has 4 heteroatoms. The summed E-state index contributed by atoms with van der Waals surface area (Å²) in [4.78, 5) is 0. The number of hydrazone groups is 1. The molecule has 0 aliphatic heterocycles. The minimum atomic E-state index is -0.0849. The number of rotatable bonds is 1. The first-order valence-electron chi connectivity index (χ1n) is 4.76. The Kier molecular flexibility index (Phi) is 3.28. The van der Waals surface area contributed by atoms with Crippen LogP contribution in [0, 0.1) is 17.2 Å². The van der Waals surface area contributed by atoms with E-state index in [0.717, 1.165) is 18.1 Å². The van der Waals surface area contributed by atoms with Crippen LogP contribution in [-0.4, -0.2) is 11.7 Å². The molecule has 0 radical (unpaired) electrons. The zero-order valence-electron chi connectivity index (χ0n) is 8.30. The molecule has 0 saturated heterocycles. The summed E-state index contributed by atoms with van der Waals surface area (Å²) in [7, 11) is 0. The molecule has 13 heavy (non-hydrogen) atoms. The highest BCUT2D eigenvalue weighted by Gasteiger charge is 2.20. The van der Waals surface area contributed by atoms with Crippen molar-refractivity contribution in [1.29, 1.82) is 5.41 Å². The minimum absolute atomic E-state index is 0.0849. The van der Waals surface area contributed by atoms with Crippen LogP contribution in [0.2, 0.25) is 0 Å². The van der Waals surface area contributed by atoms with Crippen molar-refractivity contribution in [2.45, 2.75) is 33.1 Å². The number of hydrogen-bond acceptors (Lipinski definition) is 2. The van der Waals surface area contributed by atoms with Crippen LogP contribution >= 0.6 is 0 Å². The van der Waals surface area contributed by atoms with Gasteiger partial charge in [-0.3, -0.25) is 5.41 Å². The van der Waals surface area contributed by atoms with Crippen molar-refractivity contribution in [3.63, 3.8) is 0 Å². The Morgan fingerprint density at radius 1 is 1.62 bits per heavy atom. The zero-order chi connectivity index (χ0) is 9.84. The summed E-state index contributed by atoms with van der Waals surface area (Å²) in [5.41, 5.74) is 8.80. The second-order valence-electron chi connectivity index (χ2n) is 3.91. The number of nitrogens with two attached hydrogens (primary N) is 1. The molecule has 1 aliphatic carbocycles. The first-order chi connectivity index (χ1) is 6.09. The molecule has 0 aromatic carbocycles. The molecule has 0 aromatic heterocycles. The van der Waals surface area contributed by atoms with E-state index in [1.807, 2.05) is 0 Å². The van der Waals surface area contributed by atoms with Crippen LogP contribution in [0.25, 0.3) is 0 Å². The van der Waals surface area contributed by atoms with Crippen molar-refractivity contribution in [3.8, 4) is 0 Å². The van der Waals surface area contributed by atoms with Crippen molar-refractivity contribution in [2.75, 3.05) is 0 Å². The highest BCUT2D eigenvalue weighted by atomic mass is 15.3. The summed E-state index contributed by atoms with van der Waals surface area (Å²) in [6.07, 6.45) is 3.42. The summed E-state index contributed by atoms with van der Waals surface area (Å²) in [6, 6.07) is 0. The lowest BCUT2D eigenvalue weighted by Gasteiger charge is -2.25. The first-order valence-corrected chi connectivity index (χ1v) is 4.76. The molecule has 0 spiro atoms. The third-order valence-corrected chi connectivity index (χ3v) is 2.54. The van der Waals surface area contributed by atoms with Crippen molar-refractivity contribution in [2.24, 2.45) is 22.7 Å². The average Bonchev–Trinajstić information content (AvgIpc) is 2.02. The van der Waals surface area contributed by atoms with Crippen molar-refractivity contribution in [1.82, 2.24) is 5.43 Å². The lowest BCUT2D eigenvalue weighted by atomic mass is 9.82. The van der Waals surface area contributed by atoms with E-state index in [0.29, 0.717) is 5.92 Å². The monoisotopic (exact) mass is 182 g/mol. The van der Waals surface area contributed by atoms with Gasteiger partial charge in [0.15, 0.2) is 0 Å². The van der Waals surface area contributed by atoms with Crippen LogP contribution in [0.4, 0.5) is 0 Å². The van der Waals surface area contributed by atoms with Gasteiger partial charge in [0, 0.05) is 5.71 Å². The molecule has 0 aromatic rings. The van der Waals surface area contributed by atoms with Crippen LogP contribution in [0.3, 0.4) is 0 Å². The average molecular weight is 182 g/mol. The van der Waals surface area contributed by atoms with Gasteiger partial charge in [0.1, 0.15) is 0 Å². The van der Waals surface area contributed by atoms with Crippen LogP contribution in [0.5, 0.6) is 0 Å². The van der Waals surface area contributed by atoms with Crippen molar-refractivity contribution < 1.29 is 0 Å². The Bertz CT molecular complexity index is 222. The van der Waals surface area contributed by atoms with Gasteiger partial charge in [0.05, 0.1) is 0 Å². The molecule has 2 unspecified atom stereocenters. The Labute approximate surface area is 79.1 Å². The van der Waals surface area contributed by atoms with Crippen molar-refractivity contribution in [3.05, 3.63) is 0 Å². The summed E-state index contributed by atoms with van der Waals surface area (Å²) in [5.74, 6) is 1.24. The van der Waals surface area contributed by atoms with Gasteiger partial charge < -0.3 is 5.73 Å². The van der Waals surface area contributed by atoms with Gasteiger partial charge in [0.2, 0.25) is 5.96 Å². The smallest absolute Gasteiger partial charge is 0.206 e. The molecule has 0 bridgehead atoms. The number of guanidine groups is 1. The quantitative estimate of drug-likeness (QED) is 0.324. The minimum Gasteiger partial charge on any atom is -0.369 e. The molecule has 1 saturated carbocycles. The molecular formula is C9H18N4. The van der Waals surface area contributed by atoms with Gasteiger partial charge in [-0.2, -0.15) is 5.10 Å². The number of nitrogens with one attached hydrogen (secondary N) is 2. The second-order valence-corrected chi connectivity index (χ2v) is 3.91. The maximum Gasteiger partial charge on any atom is 0.206 e. The van der Waals surface area contributed by atoms with Crippen LogP contribution in [0.1, 0.15) is 33.1 Å². The largest absolute Gasteiger partial charge is 0.369 e. The predicted molar refractivity (Wildman–Crippen MR) is 54.7 cm³/mol. The zero-order valence-corrected chi connectivity index (χ0v) is 8.30. The normalized spacial score (nSPS) is 31.7. The van der Waals surface area contributed by atoms with E-state index in [1.165, 1.54) is 12.8 Å². The van der Waals surface area contributed by atoms with Crippen LogP contribution < -0.4 is 11.2 Å². The Balaban J connectivity index is 2.50. The predicted octanol–water partition coefficient (Wildman–Crippen LogP) is 1.28. The maximum atomic E-state index is 6.98. The highest BCUT2D eigenvalue weighted by molar-refractivity contribution is 5.88. The van der Waals surface area contributed by atoms with E-state index in [-0.39, 0.29) is 5.96 Å². The third kappa shape index (κ3) is 3.05. The van der Waals surface area contributed by atoms with E-state index in [4.69, 9.17) is 11.1 Å². The molecule has 74 valence electrons. The van der Waals surface area contributed by atoms with Crippen LogP contribution in [0.15, 0.2) is 5.10 Å². The Morgan fingerprint density at radius 3 is 2.85 bits per heavy atom. The molecule has 0 heterocycles. The van der Waals surface area contributed by atoms with E-state index in [9.17, 15) is 0 Å². The Morgan fingerprint density at radius 2 is 2.31 bits per heavy atom. The molecule has 4 nitrogen and oxygen atoms in total. The second kappa shape index (κ2) is 4.25. The number of hydrogen-bond donors (Lipinski definition) is 3. The fourth-order valence-corrected chi connectivity index (χ4v) is 1.80. The van der Waals surface area contributed by atoms with Gasteiger partial charge in [-0.15, -0.1) is 0 Å². The first kappa shape index (κ1) is 10.0. The standard InChI is InChI=1S/C9H18N4/c1-6-3-4-8(7(2)5-6)12-13-9(10)11/h6-7H,3-5H2,1-2H3,(H4,10,11,13). The van der Waals surface area contributed by atoms with E-state index in [2.05, 4.69) is 24.4 Å². The lowest BCUT2D eigenvalue weighted by molar-refractivity contribution is 0.419. The highest BCUT2D eigenvalue weighted by Crippen LogP contribution is 2.25. The van der Waals surface area contributed by atoms with Gasteiger partial charge in [-0.1, -0.05) is 13.8 Å². The van der Waals surface area contributed by atoms with Crippen LogP contribution in [-0.2, 0) is 0 Å². The molecule has 4 N–H and O–H groups in total. The number of nitrogens with zero attached hydrogens (tertiary/aromatic N) is 1. The van der Waals surface area contributed by atoms with Gasteiger partial charge in [-0.05, 0) is 31.1 Å². The molecule has 0 amide bonds. The van der Waals surface area contributed by atoms with Gasteiger partial charge >= 0.3 is 0 Å². The third-order valence-electron chi connectivity index (χ3n) is 2.54. The SMILES string of the molecule is CC1CCC(=NNC(=N)N)C(C)C1. The summed E-state index contributed by atoms with van der Waals surface area (Å²) < 4.78 is 0. The molecule has 2 atom stereocenters. The summed E-state index contributed by atoms with van der Waals surface area (Å²) in [5, 5.41) is 11.1. The fraction of sp³-hybridized carbons (Fsp3) is 0.778. The molecule has 1 fully saturated rings. The van der Waals surface area contributed by atoms with E-state index in [1.54, 1.807) is 0 Å². The molecule has 1 rings (SSSR count). The maximum absolute atomic E-state index is 6.98. The van der Waals surface area contributed by atoms with E-state index >= 15 is 0 Å². The van der Waals surface area contributed by atoms with Gasteiger partial charge in [0.25, 0.3) is 0 Å². The topological polar surface area (TPSA) is 74.3 Å². The van der Waals surface area contributed by atoms with Crippen molar-refractivity contribution >= 4 is 11.7 Å². The molecular weight excluding hydrogens is 164 g/mol. The summed E-state index contributed by atoms with van der Waals surface area (Å²) in [6.45, 7) is 4.45.